The number of halogens is 2. The molecule has 0 saturated heterocycles. The van der Waals surface area contributed by atoms with Gasteiger partial charge in [0, 0.05) is 17.1 Å². The topological polar surface area (TPSA) is 50.4 Å². The predicted octanol–water partition coefficient (Wildman–Crippen LogP) is 5.28. The van der Waals surface area contributed by atoms with Gasteiger partial charge in [-0.15, -0.1) is 0 Å². The molecule has 0 aliphatic rings. The summed E-state index contributed by atoms with van der Waals surface area (Å²) in [6.07, 6.45) is 0.830. The molecular weight excluding hydrogens is 391 g/mol. The van der Waals surface area contributed by atoms with E-state index in [0.717, 1.165) is 16.8 Å². The average Bonchev–Trinajstić information content (AvgIpc) is 2.57. The first-order valence-corrected chi connectivity index (χ1v) is 9.28. The summed E-state index contributed by atoms with van der Waals surface area (Å²) in [5, 5.41) is 7.00. The second kappa shape index (κ2) is 9.76. The second-order valence-electron chi connectivity index (χ2n) is 5.78. The molecule has 0 unspecified atom stereocenters. The number of anilines is 1. The summed E-state index contributed by atoms with van der Waals surface area (Å²) in [4.78, 5) is 12.0. The largest absolute Gasteiger partial charge is 0.492 e. The van der Waals surface area contributed by atoms with Gasteiger partial charge in [-0.2, -0.15) is 0 Å². The third-order valence-electron chi connectivity index (χ3n) is 3.81. The van der Waals surface area contributed by atoms with Crippen molar-refractivity contribution in [2.75, 3.05) is 11.9 Å². The number of aryl methyl sites for hydroxylation is 1. The number of amides is 1. The van der Waals surface area contributed by atoms with Crippen molar-refractivity contribution in [2.24, 2.45) is 0 Å². The molecule has 7 heteroatoms. The van der Waals surface area contributed by atoms with Gasteiger partial charge in [-0.25, -0.2) is 0 Å². The lowest BCUT2D eigenvalue weighted by atomic mass is 10.1. The van der Waals surface area contributed by atoms with E-state index in [1.807, 2.05) is 32.0 Å². The van der Waals surface area contributed by atoms with Crippen LogP contribution in [0, 0.1) is 13.8 Å². The number of thiocarbonyl (C=S) groups is 1. The zero-order valence-corrected chi connectivity index (χ0v) is 16.9. The fourth-order valence-corrected chi connectivity index (χ4v) is 2.92. The van der Waals surface area contributed by atoms with Crippen molar-refractivity contribution in [1.82, 2.24) is 5.32 Å². The SMILES string of the molecule is Cc1cccc(NC(=S)NC(=O)CCCOc2ccc(Cl)cc2Cl)c1C. The molecule has 1 amide bonds. The first kappa shape index (κ1) is 20.5. The monoisotopic (exact) mass is 410 g/mol. The van der Waals surface area contributed by atoms with Gasteiger partial charge in [-0.05, 0) is 67.9 Å². The molecule has 0 radical (unpaired) electrons. The molecule has 4 nitrogen and oxygen atoms in total. The van der Waals surface area contributed by atoms with Gasteiger partial charge in [0.1, 0.15) is 5.75 Å². The Balaban J connectivity index is 1.73. The van der Waals surface area contributed by atoms with Crippen molar-refractivity contribution in [3.63, 3.8) is 0 Å². The normalized spacial score (nSPS) is 10.3. The minimum atomic E-state index is -0.168. The Morgan fingerprint density at radius 1 is 1.19 bits per heavy atom. The van der Waals surface area contributed by atoms with Gasteiger partial charge in [0.25, 0.3) is 0 Å². The molecule has 0 bridgehead atoms. The van der Waals surface area contributed by atoms with Gasteiger partial charge < -0.3 is 15.4 Å². The second-order valence-corrected chi connectivity index (χ2v) is 7.03. The number of nitrogens with one attached hydrogen (secondary N) is 2. The van der Waals surface area contributed by atoms with Gasteiger partial charge >= 0.3 is 0 Å². The highest BCUT2D eigenvalue weighted by atomic mass is 35.5. The number of benzene rings is 2. The summed E-state index contributed by atoms with van der Waals surface area (Å²) in [5.41, 5.74) is 3.13. The van der Waals surface area contributed by atoms with Crippen molar-refractivity contribution in [3.05, 3.63) is 57.6 Å². The molecule has 2 rings (SSSR count). The zero-order chi connectivity index (χ0) is 19.1. The van der Waals surface area contributed by atoms with E-state index >= 15 is 0 Å². The van der Waals surface area contributed by atoms with Crippen LogP contribution in [0.2, 0.25) is 10.0 Å². The maximum atomic E-state index is 12.0. The van der Waals surface area contributed by atoms with Gasteiger partial charge in [0.05, 0.1) is 11.6 Å². The number of carbonyl (C=O) groups excluding carboxylic acids is 1. The first-order valence-electron chi connectivity index (χ1n) is 8.11. The van der Waals surface area contributed by atoms with Crippen LogP contribution in [0.1, 0.15) is 24.0 Å². The van der Waals surface area contributed by atoms with E-state index in [4.69, 9.17) is 40.2 Å². The molecule has 26 heavy (non-hydrogen) atoms. The molecule has 0 heterocycles. The van der Waals surface area contributed by atoms with Crippen LogP contribution in [0.3, 0.4) is 0 Å². The summed E-state index contributed by atoms with van der Waals surface area (Å²) in [7, 11) is 0. The molecule has 0 aliphatic carbocycles. The van der Waals surface area contributed by atoms with Crippen molar-refractivity contribution in [2.45, 2.75) is 26.7 Å². The Hall–Kier alpha value is -1.82. The van der Waals surface area contributed by atoms with Crippen LogP contribution in [0.15, 0.2) is 36.4 Å². The zero-order valence-electron chi connectivity index (χ0n) is 14.6. The number of ether oxygens (including phenoxy) is 1. The van der Waals surface area contributed by atoms with Crippen molar-refractivity contribution in [3.8, 4) is 5.75 Å². The molecule has 0 spiro atoms. The molecule has 0 aromatic heterocycles. The quantitative estimate of drug-likeness (QED) is 0.502. The Morgan fingerprint density at radius 3 is 2.69 bits per heavy atom. The minimum absolute atomic E-state index is 0.168. The molecule has 2 aromatic rings. The highest BCUT2D eigenvalue weighted by Gasteiger charge is 2.08. The molecule has 2 N–H and O–H groups in total. The molecule has 0 saturated carbocycles. The van der Waals surface area contributed by atoms with E-state index in [1.165, 1.54) is 0 Å². The van der Waals surface area contributed by atoms with Crippen LogP contribution in [-0.2, 0) is 4.79 Å². The highest BCUT2D eigenvalue weighted by Crippen LogP contribution is 2.27. The third kappa shape index (κ3) is 6.16. The standard InChI is InChI=1S/C19H20Cl2N2O2S/c1-12-5-3-6-16(13(12)2)22-19(26)23-18(24)7-4-10-25-17-9-8-14(20)11-15(17)21/h3,5-6,8-9,11H,4,7,10H2,1-2H3,(H2,22,23,24,26). The summed E-state index contributed by atoms with van der Waals surface area (Å²) in [6, 6.07) is 10.9. The Kier molecular flexibility index (Phi) is 7.69. The van der Waals surface area contributed by atoms with E-state index in [1.54, 1.807) is 18.2 Å². The van der Waals surface area contributed by atoms with Crippen LogP contribution < -0.4 is 15.4 Å². The van der Waals surface area contributed by atoms with Gasteiger partial charge in [-0.3, -0.25) is 4.79 Å². The first-order chi connectivity index (χ1) is 12.4. The Labute approximate surface area is 168 Å². The lowest BCUT2D eigenvalue weighted by molar-refractivity contribution is -0.119. The van der Waals surface area contributed by atoms with Crippen LogP contribution >= 0.6 is 35.4 Å². The van der Waals surface area contributed by atoms with Gasteiger partial charge in [0.2, 0.25) is 5.91 Å². The van der Waals surface area contributed by atoms with Crippen LogP contribution in [0.4, 0.5) is 5.69 Å². The smallest absolute Gasteiger partial charge is 0.226 e. The van der Waals surface area contributed by atoms with Crippen LogP contribution in [-0.4, -0.2) is 17.6 Å². The number of hydrogen-bond donors (Lipinski definition) is 2. The number of rotatable bonds is 6. The average molecular weight is 411 g/mol. The third-order valence-corrected chi connectivity index (χ3v) is 4.54. The summed E-state index contributed by atoms with van der Waals surface area (Å²) >= 11 is 17.1. The summed E-state index contributed by atoms with van der Waals surface area (Å²) in [6.45, 7) is 4.39. The summed E-state index contributed by atoms with van der Waals surface area (Å²) in [5.74, 6) is 0.377. The van der Waals surface area contributed by atoms with Crippen molar-refractivity contribution >= 4 is 52.1 Å². The predicted molar refractivity (Wildman–Crippen MR) is 111 cm³/mol. The summed E-state index contributed by atoms with van der Waals surface area (Å²) < 4.78 is 5.55. The Morgan fingerprint density at radius 2 is 1.96 bits per heavy atom. The van der Waals surface area contributed by atoms with E-state index in [2.05, 4.69) is 10.6 Å². The molecular formula is C19H20Cl2N2O2S. The molecule has 0 fully saturated rings. The fraction of sp³-hybridized carbons (Fsp3) is 0.263. The van der Waals surface area contributed by atoms with Gasteiger partial charge in [-0.1, -0.05) is 35.3 Å². The number of hydrogen-bond acceptors (Lipinski definition) is 3. The van der Waals surface area contributed by atoms with E-state index in [-0.39, 0.29) is 11.0 Å². The van der Waals surface area contributed by atoms with Crippen molar-refractivity contribution < 1.29 is 9.53 Å². The van der Waals surface area contributed by atoms with Crippen LogP contribution in [0.25, 0.3) is 0 Å². The lowest BCUT2D eigenvalue weighted by Gasteiger charge is -2.13. The van der Waals surface area contributed by atoms with Crippen LogP contribution in [0.5, 0.6) is 5.75 Å². The molecule has 0 atom stereocenters. The van der Waals surface area contributed by atoms with E-state index < -0.39 is 0 Å². The van der Waals surface area contributed by atoms with E-state index in [9.17, 15) is 4.79 Å². The fourth-order valence-electron chi connectivity index (χ4n) is 2.24. The lowest BCUT2D eigenvalue weighted by Crippen LogP contribution is -2.34. The minimum Gasteiger partial charge on any atom is -0.492 e. The molecule has 0 aliphatic heterocycles. The highest BCUT2D eigenvalue weighted by molar-refractivity contribution is 7.80. The van der Waals surface area contributed by atoms with Crippen molar-refractivity contribution in [1.29, 1.82) is 0 Å². The number of carbonyl (C=O) groups is 1. The molecule has 2 aromatic carbocycles. The molecule has 138 valence electrons. The Bertz CT molecular complexity index is 812. The van der Waals surface area contributed by atoms with Gasteiger partial charge in [0.15, 0.2) is 5.11 Å². The maximum Gasteiger partial charge on any atom is 0.226 e. The maximum absolute atomic E-state index is 12.0. The van der Waals surface area contributed by atoms with E-state index in [0.29, 0.717) is 35.2 Å².